The number of hydrogen-bond acceptors (Lipinski definition) is 8. The minimum atomic E-state index is -0.317. The second-order valence-corrected chi connectivity index (χ2v) is 8.83. The van der Waals surface area contributed by atoms with Crippen molar-refractivity contribution in [1.29, 1.82) is 0 Å². The molecule has 2 aromatic heterocycles. The summed E-state index contributed by atoms with van der Waals surface area (Å²) in [7, 11) is 4.83. The van der Waals surface area contributed by atoms with E-state index in [1.165, 1.54) is 0 Å². The fraction of sp³-hybridized carbons (Fsp3) is 0.200. The van der Waals surface area contributed by atoms with E-state index in [0.717, 1.165) is 33.0 Å². The maximum absolute atomic E-state index is 6.61. The molecule has 172 valence electrons. The lowest BCUT2D eigenvalue weighted by molar-refractivity contribution is 0.226. The molecule has 9 heteroatoms. The minimum Gasteiger partial charge on any atom is -0.493 e. The molecule has 34 heavy (non-hydrogen) atoms. The van der Waals surface area contributed by atoms with Crippen molar-refractivity contribution in [2.24, 2.45) is 0 Å². The molecule has 0 unspecified atom stereocenters. The molecule has 0 bridgehead atoms. The van der Waals surface area contributed by atoms with Crippen LogP contribution in [0.2, 0.25) is 0 Å². The van der Waals surface area contributed by atoms with Crippen molar-refractivity contribution in [3.8, 4) is 23.0 Å². The summed E-state index contributed by atoms with van der Waals surface area (Å²) in [6.07, 6.45) is 1.25. The number of anilines is 1. The van der Waals surface area contributed by atoms with Gasteiger partial charge in [-0.2, -0.15) is 10.1 Å². The van der Waals surface area contributed by atoms with Crippen LogP contribution in [-0.2, 0) is 0 Å². The zero-order valence-corrected chi connectivity index (χ0v) is 19.6. The Balaban J connectivity index is 1.64. The molecule has 2 aromatic carbocycles. The number of methoxy groups -OCH3 is 3. The molecule has 0 saturated heterocycles. The molecule has 0 fully saturated rings. The maximum atomic E-state index is 6.61. The molecule has 1 N–H and O–H groups in total. The van der Waals surface area contributed by atoms with Gasteiger partial charge in [-0.05, 0) is 41.3 Å². The van der Waals surface area contributed by atoms with Gasteiger partial charge in [0.2, 0.25) is 11.7 Å². The van der Waals surface area contributed by atoms with Gasteiger partial charge in [0.1, 0.15) is 18.1 Å². The summed E-state index contributed by atoms with van der Waals surface area (Å²) in [6, 6.07) is 15.8. The third kappa shape index (κ3) is 3.04. The van der Waals surface area contributed by atoms with E-state index in [0.29, 0.717) is 23.2 Å². The van der Waals surface area contributed by atoms with E-state index in [1.54, 1.807) is 39.0 Å². The molecule has 4 heterocycles. The quantitative estimate of drug-likeness (QED) is 0.440. The topological polar surface area (TPSA) is 79.7 Å². The average Bonchev–Trinajstić information content (AvgIpc) is 3.58. The van der Waals surface area contributed by atoms with Crippen molar-refractivity contribution >= 4 is 23.0 Å². The Morgan fingerprint density at radius 2 is 1.79 bits per heavy atom. The van der Waals surface area contributed by atoms with Gasteiger partial charge in [0.05, 0.1) is 27.0 Å². The van der Waals surface area contributed by atoms with Gasteiger partial charge < -0.3 is 24.3 Å². The monoisotopic (exact) mass is 474 g/mol. The number of nitrogens with zero attached hydrogens (tertiary/aromatic N) is 3. The summed E-state index contributed by atoms with van der Waals surface area (Å²) >= 11 is 1.66. The zero-order valence-electron chi connectivity index (χ0n) is 18.8. The first-order chi connectivity index (χ1) is 16.7. The molecule has 0 amide bonds. The van der Waals surface area contributed by atoms with E-state index < -0.39 is 0 Å². The Labute approximate surface area is 200 Å². The summed E-state index contributed by atoms with van der Waals surface area (Å²) in [4.78, 5) is 5.59. The minimum absolute atomic E-state index is 0.307. The highest BCUT2D eigenvalue weighted by molar-refractivity contribution is 7.10. The molecule has 0 spiro atoms. The zero-order chi connectivity index (χ0) is 23.2. The summed E-state index contributed by atoms with van der Waals surface area (Å²) in [5.74, 6) is 3.16. The normalized spacial score (nSPS) is 18.2. The first-order valence-corrected chi connectivity index (χ1v) is 11.6. The predicted octanol–water partition coefficient (Wildman–Crippen LogP) is 4.93. The predicted molar refractivity (Wildman–Crippen MR) is 129 cm³/mol. The Bertz CT molecular complexity index is 1370. The second kappa shape index (κ2) is 8.11. The molecule has 2 atom stereocenters. The first-order valence-electron chi connectivity index (χ1n) is 10.7. The van der Waals surface area contributed by atoms with Gasteiger partial charge >= 0.3 is 0 Å². The van der Waals surface area contributed by atoms with Crippen LogP contribution in [0.3, 0.4) is 0 Å². The van der Waals surface area contributed by atoms with Crippen LogP contribution >= 0.6 is 11.3 Å². The summed E-state index contributed by atoms with van der Waals surface area (Å²) in [6.45, 7) is 0. The molecular weight excluding hydrogens is 452 g/mol. The van der Waals surface area contributed by atoms with Crippen molar-refractivity contribution in [3.63, 3.8) is 0 Å². The Kier molecular flexibility index (Phi) is 4.91. The third-order valence-corrected chi connectivity index (χ3v) is 7.04. The van der Waals surface area contributed by atoms with Crippen molar-refractivity contribution in [3.05, 3.63) is 81.8 Å². The lowest BCUT2D eigenvalue weighted by Gasteiger charge is -2.38. The van der Waals surface area contributed by atoms with Gasteiger partial charge in [-0.25, -0.2) is 4.68 Å². The summed E-state index contributed by atoms with van der Waals surface area (Å²) < 4.78 is 25.4. The highest BCUT2D eigenvalue weighted by atomic mass is 32.1. The number of thiophene rings is 1. The van der Waals surface area contributed by atoms with Gasteiger partial charge in [-0.3, -0.25) is 0 Å². The van der Waals surface area contributed by atoms with Crippen LogP contribution in [-0.4, -0.2) is 36.1 Å². The van der Waals surface area contributed by atoms with Crippen LogP contribution in [0, 0.1) is 0 Å². The van der Waals surface area contributed by atoms with Crippen molar-refractivity contribution in [2.45, 2.75) is 12.1 Å². The molecule has 2 aliphatic rings. The number of benzene rings is 2. The average molecular weight is 475 g/mol. The standard InChI is InChI=1S/C25H22N4O4S/c1-30-17-11-14(12-18(31-2)23(17)32-3)22-20-21(28-25-26-13-27-29(22)25)15-7-4-5-8-16(15)33-24(20)19-9-6-10-34-19/h4-13,22,24H,1-3H3,(H,26,27,28)/t22-,24-/m0/s1. The van der Waals surface area contributed by atoms with Gasteiger partial charge in [0, 0.05) is 16.0 Å². The van der Waals surface area contributed by atoms with Crippen LogP contribution in [0.25, 0.3) is 5.70 Å². The number of ether oxygens (including phenoxy) is 4. The SMILES string of the molecule is COc1cc([C@H]2C3=C(Nc4ncnn42)c2ccccc2O[C@H]3c2cccs2)cc(OC)c1OC. The van der Waals surface area contributed by atoms with Gasteiger partial charge in [0.15, 0.2) is 17.6 Å². The largest absolute Gasteiger partial charge is 0.493 e. The molecular formula is C25H22N4O4S. The fourth-order valence-electron chi connectivity index (χ4n) is 4.68. The van der Waals surface area contributed by atoms with Gasteiger partial charge in [-0.1, -0.05) is 18.2 Å². The Hall–Kier alpha value is -3.98. The number of rotatable bonds is 5. The van der Waals surface area contributed by atoms with Crippen LogP contribution in [0.4, 0.5) is 5.95 Å². The van der Waals surface area contributed by atoms with Crippen molar-refractivity contribution in [2.75, 3.05) is 26.6 Å². The van der Waals surface area contributed by atoms with Crippen LogP contribution in [0.5, 0.6) is 23.0 Å². The number of para-hydroxylation sites is 1. The first kappa shape index (κ1) is 20.6. The molecule has 0 aliphatic carbocycles. The van der Waals surface area contributed by atoms with E-state index >= 15 is 0 Å². The molecule has 8 nitrogen and oxygen atoms in total. The molecule has 2 aliphatic heterocycles. The molecule has 0 saturated carbocycles. The molecule has 4 aromatic rings. The highest BCUT2D eigenvalue weighted by Gasteiger charge is 2.41. The lowest BCUT2D eigenvalue weighted by Crippen LogP contribution is -2.32. The highest BCUT2D eigenvalue weighted by Crippen LogP contribution is 2.52. The van der Waals surface area contributed by atoms with E-state index in [-0.39, 0.29) is 12.1 Å². The van der Waals surface area contributed by atoms with E-state index in [4.69, 9.17) is 18.9 Å². The van der Waals surface area contributed by atoms with E-state index in [1.807, 2.05) is 41.1 Å². The second-order valence-electron chi connectivity index (χ2n) is 7.85. The van der Waals surface area contributed by atoms with Crippen molar-refractivity contribution in [1.82, 2.24) is 14.8 Å². The summed E-state index contributed by atoms with van der Waals surface area (Å²) in [5.41, 5.74) is 3.91. The van der Waals surface area contributed by atoms with Crippen LogP contribution in [0.15, 0.2) is 65.8 Å². The maximum Gasteiger partial charge on any atom is 0.226 e. The number of hydrogen-bond donors (Lipinski definition) is 1. The molecule has 6 rings (SSSR count). The van der Waals surface area contributed by atoms with Crippen LogP contribution < -0.4 is 24.3 Å². The van der Waals surface area contributed by atoms with Crippen LogP contribution in [0.1, 0.15) is 28.1 Å². The molecule has 0 radical (unpaired) electrons. The Morgan fingerprint density at radius 3 is 2.50 bits per heavy atom. The smallest absolute Gasteiger partial charge is 0.226 e. The van der Waals surface area contributed by atoms with Crippen molar-refractivity contribution < 1.29 is 18.9 Å². The number of nitrogens with one attached hydrogen (secondary N) is 1. The van der Waals surface area contributed by atoms with E-state index in [9.17, 15) is 0 Å². The number of fused-ring (bicyclic) bond motifs is 3. The van der Waals surface area contributed by atoms with Gasteiger partial charge in [-0.15, -0.1) is 11.3 Å². The number of aromatic nitrogens is 3. The van der Waals surface area contributed by atoms with E-state index in [2.05, 4.69) is 32.9 Å². The lowest BCUT2D eigenvalue weighted by atomic mass is 9.86. The third-order valence-electron chi connectivity index (χ3n) is 6.13. The summed E-state index contributed by atoms with van der Waals surface area (Å²) in [5, 5.41) is 10.1. The fourth-order valence-corrected chi connectivity index (χ4v) is 5.45. The van der Waals surface area contributed by atoms with Gasteiger partial charge in [0.25, 0.3) is 0 Å². The Morgan fingerprint density at radius 1 is 1.00 bits per heavy atom.